The van der Waals surface area contributed by atoms with E-state index in [-0.39, 0.29) is 11.7 Å². The third kappa shape index (κ3) is 5.38. The van der Waals surface area contributed by atoms with E-state index in [1.165, 1.54) is 22.6 Å². The topological polar surface area (TPSA) is 105 Å². The van der Waals surface area contributed by atoms with E-state index in [9.17, 15) is 9.59 Å². The van der Waals surface area contributed by atoms with Crippen molar-refractivity contribution in [3.05, 3.63) is 59.4 Å². The number of nitrogens with zero attached hydrogens (tertiary/aromatic N) is 5. The standard InChI is InChI=1S/C26H29N7O2S/c1-17(34)25-23(27-13-21-5-3-4-20-8-11-36-26(20)21)12-24(30-31-25)29-22-14-28-33(16-22)15-19-6-9-32(10-7-19)18(2)35/h3-5,8,11-12,14,16,19H,6-7,9-10,13,15H2,1-2H3,(H2,27,29,30). The van der Waals surface area contributed by atoms with Crippen LogP contribution in [0.1, 0.15) is 42.7 Å². The van der Waals surface area contributed by atoms with Crippen LogP contribution in [0, 0.1) is 5.92 Å². The number of hydrogen-bond donors (Lipinski definition) is 2. The molecule has 0 saturated carbocycles. The largest absolute Gasteiger partial charge is 0.379 e. The number of carbonyl (C=O) groups is 2. The molecule has 0 atom stereocenters. The number of amides is 1. The molecule has 1 aliphatic heterocycles. The van der Waals surface area contributed by atoms with Crippen LogP contribution in [0.4, 0.5) is 17.2 Å². The van der Waals surface area contributed by atoms with Gasteiger partial charge in [-0.25, -0.2) is 0 Å². The molecule has 1 aromatic carbocycles. The Kier molecular flexibility index (Phi) is 6.95. The zero-order valence-corrected chi connectivity index (χ0v) is 21.2. The van der Waals surface area contributed by atoms with Crippen LogP contribution in [0.3, 0.4) is 0 Å². The Hall–Kier alpha value is -3.79. The van der Waals surface area contributed by atoms with Crippen LogP contribution in [-0.4, -0.2) is 49.7 Å². The van der Waals surface area contributed by atoms with Crippen molar-refractivity contribution in [1.29, 1.82) is 0 Å². The molecule has 0 radical (unpaired) electrons. The number of aromatic nitrogens is 4. The summed E-state index contributed by atoms with van der Waals surface area (Å²) in [6.45, 7) is 6.12. The fourth-order valence-electron chi connectivity index (χ4n) is 4.60. The predicted molar refractivity (Wildman–Crippen MR) is 142 cm³/mol. The lowest BCUT2D eigenvalue weighted by molar-refractivity contribution is -0.130. The molecular formula is C26H29N7O2S. The van der Waals surface area contributed by atoms with Gasteiger partial charge in [0, 0.05) is 57.0 Å². The highest BCUT2D eigenvalue weighted by Crippen LogP contribution is 2.27. The summed E-state index contributed by atoms with van der Waals surface area (Å²) in [5, 5.41) is 22.8. The third-order valence-electron chi connectivity index (χ3n) is 6.57. The van der Waals surface area contributed by atoms with E-state index in [4.69, 9.17) is 0 Å². The molecule has 10 heteroatoms. The molecule has 9 nitrogen and oxygen atoms in total. The molecule has 186 valence electrons. The number of nitrogens with one attached hydrogen (secondary N) is 2. The van der Waals surface area contributed by atoms with Gasteiger partial charge in [-0.2, -0.15) is 5.10 Å². The van der Waals surface area contributed by atoms with Crippen LogP contribution < -0.4 is 10.6 Å². The maximum atomic E-state index is 12.2. The molecular weight excluding hydrogens is 474 g/mol. The van der Waals surface area contributed by atoms with Gasteiger partial charge in [0.05, 0.1) is 17.6 Å². The minimum atomic E-state index is -0.144. The first-order chi connectivity index (χ1) is 17.5. The highest BCUT2D eigenvalue weighted by molar-refractivity contribution is 7.17. The summed E-state index contributed by atoms with van der Waals surface area (Å²) < 4.78 is 3.16. The van der Waals surface area contributed by atoms with Crippen LogP contribution in [0.15, 0.2) is 48.1 Å². The summed E-state index contributed by atoms with van der Waals surface area (Å²) in [5.41, 5.74) is 2.92. The van der Waals surface area contributed by atoms with Crippen molar-refractivity contribution >= 4 is 50.3 Å². The van der Waals surface area contributed by atoms with E-state index in [1.54, 1.807) is 24.5 Å². The molecule has 0 bridgehead atoms. The van der Waals surface area contributed by atoms with E-state index in [1.807, 2.05) is 27.9 Å². The highest BCUT2D eigenvalue weighted by atomic mass is 32.1. The second-order valence-electron chi connectivity index (χ2n) is 9.18. The van der Waals surface area contributed by atoms with Crippen molar-refractivity contribution in [2.45, 2.75) is 39.8 Å². The van der Waals surface area contributed by atoms with Crippen LogP contribution in [0.25, 0.3) is 10.1 Å². The molecule has 3 aromatic heterocycles. The quantitative estimate of drug-likeness (QED) is 0.336. The van der Waals surface area contributed by atoms with Crippen LogP contribution in [0.2, 0.25) is 0 Å². The molecule has 5 rings (SSSR count). The molecule has 1 fully saturated rings. The zero-order valence-electron chi connectivity index (χ0n) is 20.4. The van der Waals surface area contributed by atoms with E-state index >= 15 is 0 Å². The number of carbonyl (C=O) groups excluding carboxylic acids is 2. The third-order valence-corrected chi connectivity index (χ3v) is 7.57. The van der Waals surface area contributed by atoms with Gasteiger partial charge in [-0.15, -0.1) is 21.5 Å². The lowest BCUT2D eigenvalue weighted by Gasteiger charge is -2.31. The SMILES string of the molecule is CC(=O)c1nnc(Nc2cnn(CC3CCN(C(C)=O)CC3)c2)cc1NCc1cccc2ccsc12. The van der Waals surface area contributed by atoms with Crippen molar-refractivity contribution in [1.82, 2.24) is 24.9 Å². The van der Waals surface area contributed by atoms with Crippen LogP contribution in [0.5, 0.6) is 0 Å². The Morgan fingerprint density at radius 3 is 2.75 bits per heavy atom. The van der Waals surface area contributed by atoms with Crippen molar-refractivity contribution in [3.8, 4) is 0 Å². The first-order valence-corrected chi connectivity index (χ1v) is 13.0. The fourth-order valence-corrected chi connectivity index (χ4v) is 5.52. The average Bonchev–Trinajstić information content (AvgIpc) is 3.52. The van der Waals surface area contributed by atoms with Gasteiger partial charge in [0.15, 0.2) is 17.3 Å². The average molecular weight is 504 g/mol. The molecule has 0 unspecified atom stereocenters. The van der Waals surface area contributed by atoms with Crippen molar-refractivity contribution in [2.75, 3.05) is 23.7 Å². The van der Waals surface area contributed by atoms with Crippen molar-refractivity contribution < 1.29 is 9.59 Å². The number of ketones is 1. The number of Topliss-reactive ketones (excluding diaryl/α,β-unsaturated/α-hetero) is 1. The first kappa shape index (κ1) is 23.9. The minimum Gasteiger partial charge on any atom is -0.379 e. The van der Waals surface area contributed by atoms with E-state index in [0.29, 0.717) is 29.7 Å². The number of benzene rings is 1. The lowest BCUT2D eigenvalue weighted by Crippen LogP contribution is -2.38. The summed E-state index contributed by atoms with van der Waals surface area (Å²) in [7, 11) is 0. The van der Waals surface area contributed by atoms with Crippen molar-refractivity contribution in [2.24, 2.45) is 5.92 Å². The summed E-state index contributed by atoms with van der Waals surface area (Å²) in [6, 6.07) is 10.1. The van der Waals surface area contributed by atoms with Crippen LogP contribution >= 0.6 is 11.3 Å². The lowest BCUT2D eigenvalue weighted by atomic mass is 9.97. The molecule has 36 heavy (non-hydrogen) atoms. The van der Waals surface area contributed by atoms with E-state index < -0.39 is 0 Å². The second-order valence-corrected chi connectivity index (χ2v) is 10.1. The molecule has 0 aliphatic carbocycles. The predicted octanol–water partition coefficient (Wildman–Crippen LogP) is 4.70. The highest BCUT2D eigenvalue weighted by Gasteiger charge is 2.21. The van der Waals surface area contributed by atoms with Crippen LogP contribution in [-0.2, 0) is 17.9 Å². The number of piperidine rings is 1. The maximum absolute atomic E-state index is 12.2. The number of likely N-dealkylation sites (tertiary alicyclic amines) is 1. The number of thiophene rings is 1. The zero-order chi connectivity index (χ0) is 25.1. The van der Waals surface area contributed by atoms with Crippen molar-refractivity contribution in [3.63, 3.8) is 0 Å². The summed E-state index contributed by atoms with van der Waals surface area (Å²) in [4.78, 5) is 25.6. The number of anilines is 3. The normalized spacial score (nSPS) is 14.2. The van der Waals surface area contributed by atoms with Gasteiger partial charge in [-0.1, -0.05) is 18.2 Å². The van der Waals surface area contributed by atoms with E-state index in [0.717, 1.165) is 38.2 Å². The molecule has 1 aliphatic rings. The number of hydrogen-bond acceptors (Lipinski definition) is 8. The monoisotopic (exact) mass is 503 g/mol. The molecule has 2 N–H and O–H groups in total. The Bertz CT molecular complexity index is 1390. The Labute approximate surface area is 213 Å². The smallest absolute Gasteiger partial charge is 0.219 e. The number of rotatable bonds is 8. The van der Waals surface area contributed by atoms with Gasteiger partial charge in [0.1, 0.15) is 0 Å². The second kappa shape index (κ2) is 10.4. The number of fused-ring (bicyclic) bond motifs is 1. The molecule has 1 saturated heterocycles. The fraction of sp³-hybridized carbons (Fsp3) is 0.346. The first-order valence-electron chi connectivity index (χ1n) is 12.1. The van der Waals surface area contributed by atoms with Gasteiger partial charge in [-0.3, -0.25) is 14.3 Å². The summed E-state index contributed by atoms with van der Waals surface area (Å²) >= 11 is 1.71. The van der Waals surface area contributed by atoms with Gasteiger partial charge >= 0.3 is 0 Å². The van der Waals surface area contributed by atoms with E-state index in [2.05, 4.69) is 49.5 Å². The van der Waals surface area contributed by atoms with Gasteiger partial charge in [0.2, 0.25) is 5.91 Å². The summed E-state index contributed by atoms with van der Waals surface area (Å²) in [5.74, 6) is 1.03. The Morgan fingerprint density at radius 2 is 1.97 bits per heavy atom. The van der Waals surface area contributed by atoms with Gasteiger partial charge in [0.25, 0.3) is 0 Å². The molecule has 1 amide bonds. The molecule has 4 heterocycles. The van der Waals surface area contributed by atoms with Gasteiger partial charge in [-0.05, 0) is 41.2 Å². The van der Waals surface area contributed by atoms with Gasteiger partial charge < -0.3 is 15.5 Å². The minimum absolute atomic E-state index is 0.144. The molecule has 0 spiro atoms. The Morgan fingerprint density at radius 1 is 1.14 bits per heavy atom. The Balaban J connectivity index is 1.25. The molecule has 4 aromatic rings. The maximum Gasteiger partial charge on any atom is 0.219 e. The summed E-state index contributed by atoms with van der Waals surface area (Å²) in [6.07, 6.45) is 5.67.